The van der Waals surface area contributed by atoms with Gasteiger partial charge in [-0.3, -0.25) is 10.1 Å². The molecule has 24 heavy (non-hydrogen) atoms. The van der Waals surface area contributed by atoms with Crippen molar-refractivity contribution in [2.45, 2.75) is 38.9 Å². The molecular weight excluding hydrogens is 308 g/mol. The van der Waals surface area contributed by atoms with Crippen molar-refractivity contribution < 1.29 is 15.1 Å². The fourth-order valence-electron chi connectivity index (χ4n) is 2.09. The van der Waals surface area contributed by atoms with E-state index in [-0.39, 0.29) is 11.8 Å². The maximum atomic E-state index is 10.3. The number of hydrogen-bond acceptors (Lipinski definition) is 5. The Morgan fingerprint density at radius 3 is 1.62 bits per heavy atom. The van der Waals surface area contributed by atoms with Crippen molar-refractivity contribution in [3.63, 3.8) is 0 Å². The van der Waals surface area contributed by atoms with Crippen molar-refractivity contribution in [3.8, 4) is 0 Å². The first-order valence-corrected chi connectivity index (χ1v) is 7.71. The quantitative estimate of drug-likeness (QED) is 0.443. The number of nitro groups is 1. The fourth-order valence-corrected chi connectivity index (χ4v) is 2.09. The predicted octanol–water partition coefficient (Wildman–Crippen LogP) is 2.71. The van der Waals surface area contributed by atoms with Crippen LogP contribution in [0.15, 0.2) is 48.5 Å². The minimum Gasteiger partial charge on any atom is -0.399 e. The van der Waals surface area contributed by atoms with Crippen molar-refractivity contribution >= 4 is 11.4 Å². The summed E-state index contributed by atoms with van der Waals surface area (Å²) in [5, 5.41) is 28.4. The van der Waals surface area contributed by atoms with Gasteiger partial charge in [0.25, 0.3) is 5.69 Å². The molecular formula is C18H24N2O4. The highest BCUT2D eigenvalue weighted by Gasteiger charge is 2.04. The van der Waals surface area contributed by atoms with Gasteiger partial charge in [0.15, 0.2) is 0 Å². The first-order valence-electron chi connectivity index (χ1n) is 7.71. The number of aliphatic hydroxyl groups is 2. The molecule has 0 fully saturated rings. The van der Waals surface area contributed by atoms with Gasteiger partial charge in [-0.15, -0.1) is 0 Å². The number of anilines is 1. The van der Waals surface area contributed by atoms with Crippen LogP contribution in [-0.4, -0.2) is 27.3 Å². The van der Waals surface area contributed by atoms with Gasteiger partial charge in [-0.25, -0.2) is 0 Å². The number of nitrogens with zero attached hydrogens (tertiary/aromatic N) is 1. The molecule has 2 rings (SSSR count). The summed E-state index contributed by atoms with van der Waals surface area (Å²) in [5.41, 5.74) is 8.36. The Bertz CT molecular complexity index is 622. The summed E-state index contributed by atoms with van der Waals surface area (Å²) in [5.74, 6) is 0. The molecule has 0 aliphatic rings. The SMILES string of the molecule is CC(O)Cc1ccc(N)cc1.CC(O)Cc1ccc([N+](=O)[O-])cc1. The lowest BCUT2D eigenvalue weighted by Crippen LogP contribution is -2.03. The number of nitrogen functional groups attached to an aromatic ring is 1. The van der Waals surface area contributed by atoms with Crippen LogP contribution in [0.1, 0.15) is 25.0 Å². The van der Waals surface area contributed by atoms with E-state index in [4.69, 9.17) is 15.9 Å². The van der Waals surface area contributed by atoms with Gasteiger partial charge in [-0.05, 0) is 49.9 Å². The number of aliphatic hydroxyl groups excluding tert-OH is 2. The van der Waals surface area contributed by atoms with Crippen molar-refractivity contribution in [3.05, 3.63) is 69.8 Å². The van der Waals surface area contributed by atoms with E-state index < -0.39 is 11.0 Å². The molecule has 0 spiro atoms. The summed E-state index contributed by atoms with van der Waals surface area (Å²) in [6.07, 6.45) is 0.526. The van der Waals surface area contributed by atoms with Gasteiger partial charge >= 0.3 is 0 Å². The number of nitrogens with two attached hydrogens (primary N) is 1. The number of benzene rings is 2. The molecule has 2 aromatic carbocycles. The van der Waals surface area contributed by atoms with E-state index in [2.05, 4.69) is 0 Å². The zero-order valence-electron chi connectivity index (χ0n) is 13.9. The molecule has 4 N–H and O–H groups in total. The van der Waals surface area contributed by atoms with Crippen LogP contribution in [-0.2, 0) is 12.8 Å². The zero-order valence-corrected chi connectivity index (χ0v) is 13.9. The molecule has 0 saturated carbocycles. The standard InChI is InChI=1S/C9H11NO3.C9H13NO/c1-7(11)6-8-2-4-9(5-3-8)10(12)13;1-7(11)6-8-2-4-9(10)5-3-8/h2-5,7,11H,6H2,1H3;2-5,7,11H,6,10H2,1H3. The molecule has 0 aliphatic carbocycles. The van der Waals surface area contributed by atoms with Crippen LogP contribution in [0.5, 0.6) is 0 Å². The Morgan fingerprint density at radius 2 is 1.29 bits per heavy atom. The van der Waals surface area contributed by atoms with Gasteiger partial charge in [0, 0.05) is 17.8 Å². The second-order valence-electron chi connectivity index (χ2n) is 5.77. The summed E-state index contributed by atoms with van der Waals surface area (Å²) in [6, 6.07) is 13.8. The summed E-state index contributed by atoms with van der Waals surface area (Å²) < 4.78 is 0. The van der Waals surface area contributed by atoms with Gasteiger partial charge in [0.1, 0.15) is 0 Å². The van der Waals surface area contributed by atoms with E-state index >= 15 is 0 Å². The van der Waals surface area contributed by atoms with E-state index in [0.29, 0.717) is 12.8 Å². The van der Waals surface area contributed by atoms with Crippen LogP contribution in [0.2, 0.25) is 0 Å². The third kappa shape index (κ3) is 7.71. The van der Waals surface area contributed by atoms with Crippen LogP contribution in [0.25, 0.3) is 0 Å². The van der Waals surface area contributed by atoms with Gasteiger partial charge < -0.3 is 15.9 Å². The first kappa shape index (κ1) is 19.6. The molecule has 6 nitrogen and oxygen atoms in total. The lowest BCUT2D eigenvalue weighted by atomic mass is 10.1. The highest BCUT2D eigenvalue weighted by molar-refractivity contribution is 5.39. The molecule has 6 heteroatoms. The van der Waals surface area contributed by atoms with Gasteiger partial charge in [-0.1, -0.05) is 24.3 Å². The second-order valence-corrected chi connectivity index (χ2v) is 5.77. The number of rotatable bonds is 5. The Labute approximate surface area is 141 Å². The number of nitro benzene ring substituents is 1. The predicted molar refractivity (Wildman–Crippen MR) is 94.7 cm³/mol. The van der Waals surface area contributed by atoms with Crippen LogP contribution in [0.4, 0.5) is 11.4 Å². The van der Waals surface area contributed by atoms with Crippen molar-refractivity contribution in [2.24, 2.45) is 0 Å². The van der Waals surface area contributed by atoms with Crippen LogP contribution in [0, 0.1) is 10.1 Å². The molecule has 2 unspecified atom stereocenters. The van der Waals surface area contributed by atoms with E-state index in [9.17, 15) is 10.1 Å². The van der Waals surface area contributed by atoms with Crippen LogP contribution in [0.3, 0.4) is 0 Å². The van der Waals surface area contributed by atoms with Gasteiger partial charge in [-0.2, -0.15) is 0 Å². The largest absolute Gasteiger partial charge is 0.399 e. The first-order chi connectivity index (χ1) is 11.3. The lowest BCUT2D eigenvalue weighted by Gasteiger charge is -2.03. The number of non-ortho nitro benzene ring substituents is 1. The molecule has 0 radical (unpaired) electrons. The Hall–Kier alpha value is -2.44. The highest BCUT2D eigenvalue weighted by atomic mass is 16.6. The smallest absolute Gasteiger partial charge is 0.269 e. The average molecular weight is 332 g/mol. The van der Waals surface area contributed by atoms with Crippen molar-refractivity contribution in [1.82, 2.24) is 0 Å². The summed E-state index contributed by atoms with van der Waals surface area (Å²) in [6.45, 7) is 3.46. The van der Waals surface area contributed by atoms with E-state index in [1.54, 1.807) is 26.0 Å². The maximum Gasteiger partial charge on any atom is 0.269 e. The normalized spacial score (nSPS) is 12.7. The minimum absolute atomic E-state index is 0.0781. The molecule has 2 aromatic rings. The van der Waals surface area contributed by atoms with Crippen LogP contribution < -0.4 is 5.73 Å². The molecule has 130 valence electrons. The molecule has 2 atom stereocenters. The summed E-state index contributed by atoms with van der Waals surface area (Å²) in [4.78, 5) is 9.85. The Kier molecular flexibility index (Phi) is 7.88. The molecule has 0 aliphatic heterocycles. The maximum absolute atomic E-state index is 10.3. The topological polar surface area (TPSA) is 110 Å². The Morgan fingerprint density at radius 1 is 0.917 bits per heavy atom. The third-order valence-electron chi connectivity index (χ3n) is 3.19. The Balaban J connectivity index is 0.000000243. The zero-order chi connectivity index (χ0) is 18.1. The lowest BCUT2D eigenvalue weighted by molar-refractivity contribution is -0.384. The fraction of sp³-hybridized carbons (Fsp3) is 0.333. The monoisotopic (exact) mass is 332 g/mol. The van der Waals surface area contributed by atoms with E-state index in [1.165, 1.54) is 12.1 Å². The summed E-state index contributed by atoms with van der Waals surface area (Å²) >= 11 is 0. The minimum atomic E-state index is -0.438. The molecule has 0 heterocycles. The molecule has 0 amide bonds. The van der Waals surface area contributed by atoms with Crippen molar-refractivity contribution in [1.29, 1.82) is 0 Å². The van der Waals surface area contributed by atoms with Crippen LogP contribution >= 0.6 is 0 Å². The molecule has 0 bridgehead atoms. The van der Waals surface area contributed by atoms with E-state index in [1.807, 2.05) is 24.3 Å². The molecule has 0 aromatic heterocycles. The molecule has 0 saturated heterocycles. The highest BCUT2D eigenvalue weighted by Crippen LogP contribution is 2.12. The summed E-state index contributed by atoms with van der Waals surface area (Å²) in [7, 11) is 0. The second kappa shape index (κ2) is 9.64. The third-order valence-corrected chi connectivity index (χ3v) is 3.19. The van der Waals surface area contributed by atoms with Crippen molar-refractivity contribution in [2.75, 3.05) is 5.73 Å². The number of hydrogen-bond donors (Lipinski definition) is 3. The van der Waals surface area contributed by atoms with E-state index in [0.717, 1.165) is 16.8 Å². The van der Waals surface area contributed by atoms with Gasteiger partial charge in [0.2, 0.25) is 0 Å². The van der Waals surface area contributed by atoms with Gasteiger partial charge in [0.05, 0.1) is 17.1 Å². The average Bonchev–Trinajstić information content (AvgIpc) is 2.50.